The van der Waals surface area contributed by atoms with Crippen molar-refractivity contribution in [2.24, 2.45) is 0 Å². The first-order valence-corrected chi connectivity index (χ1v) is 8.43. The molecule has 138 valence electrons. The van der Waals surface area contributed by atoms with Crippen molar-refractivity contribution in [1.29, 1.82) is 0 Å². The van der Waals surface area contributed by atoms with Crippen LogP contribution in [-0.4, -0.2) is 48.4 Å². The number of hydrogen-bond donors (Lipinski definition) is 1. The molecule has 0 aliphatic carbocycles. The third kappa shape index (κ3) is 5.06. The van der Waals surface area contributed by atoms with Crippen LogP contribution in [0.15, 0.2) is 42.5 Å². The lowest BCUT2D eigenvalue weighted by Crippen LogP contribution is -2.48. The number of benzene rings is 2. The van der Waals surface area contributed by atoms with Gasteiger partial charge in [0.15, 0.2) is 0 Å². The van der Waals surface area contributed by atoms with E-state index in [1.165, 1.54) is 18.2 Å². The molecule has 3 rings (SSSR count). The number of anilines is 1. The highest BCUT2D eigenvalue weighted by molar-refractivity contribution is 5.92. The zero-order valence-corrected chi connectivity index (χ0v) is 14.2. The van der Waals surface area contributed by atoms with Crippen molar-refractivity contribution in [3.8, 4) is 0 Å². The molecule has 0 radical (unpaired) electrons. The zero-order valence-electron chi connectivity index (χ0n) is 14.2. The Labute approximate surface area is 150 Å². The van der Waals surface area contributed by atoms with Gasteiger partial charge in [0.25, 0.3) is 0 Å². The minimum Gasteiger partial charge on any atom is -0.322 e. The van der Waals surface area contributed by atoms with Gasteiger partial charge >= 0.3 is 0 Å². The molecule has 0 saturated carbocycles. The van der Waals surface area contributed by atoms with Crippen LogP contribution in [0.5, 0.6) is 0 Å². The Hall–Kier alpha value is -2.38. The first-order chi connectivity index (χ1) is 12.5. The van der Waals surface area contributed by atoms with Gasteiger partial charge in [-0.3, -0.25) is 14.6 Å². The highest BCUT2D eigenvalue weighted by Crippen LogP contribution is 2.15. The van der Waals surface area contributed by atoms with Crippen LogP contribution in [0.3, 0.4) is 0 Å². The fourth-order valence-electron chi connectivity index (χ4n) is 2.98. The van der Waals surface area contributed by atoms with Crippen LogP contribution in [0.2, 0.25) is 0 Å². The molecule has 1 aliphatic heterocycles. The largest absolute Gasteiger partial charge is 0.322 e. The van der Waals surface area contributed by atoms with E-state index in [1.54, 1.807) is 6.07 Å². The Balaban J connectivity index is 1.45. The van der Waals surface area contributed by atoms with Crippen molar-refractivity contribution in [2.45, 2.75) is 6.54 Å². The number of nitrogens with zero attached hydrogens (tertiary/aromatic N) is 2. The molecule has 7 heteroatoms. The number of carbonyl (C=O) groups excluding carboxylic acids is 1. The summed E-state index contributed by atoms with van der Waals surface area (Å²) in [4.78, 5) is 16.2. The van der Waals surface area contributed by atoms with E-state index in [4.69, 9.17) is 0 Å². The fraction of sp³-hybridized carbons (Fsp3) is 0.316. The van der Waals surface area contributed by atoms with Crippen LogP contribution in [0, 0.1) is 17.5 Å². The molecule has 1 N–H and O–H groups in total. The number of carbonyl (C=O) groups is 1. The maximum atomic E-state index is 13.6. The van der Waals surface area contributed by atoms with Crippen molar-refractivity contribution in [3.05, 3.63) is 65.5 Å². The number of amides is 1. The van der Waals surface area contributed by atoms with E-state index in [1.807, 2.05) is 11.0 Å². The summed E-state index contributed by atoms with van der Waals surface area (Å²) in [7, 11) is 0. The minimum atomic E-state index is -0.793. The molecule has 4 nitrogen and oxygen atoms in total. The Morgan fingerprint density at radius 2 is 1.62 bits per heavy atom. The molecular formula is C19H20F3N3O. The molecule has 1 amide bonds. The van der Waals surface area contributed by atoms with Gasteiger partial charge in [-0.15, -0.1) is 0 Å². The molecule has 0 unspecified atom stereocenters. The van der Waals surface area contributed by atoms with E-state index in [9.17, 15) is 18.0 Å². The minimum absolute atomic E-state index is 0.0267. The molecule has 2 aromatic rings. The summed E-state index contributed by atoms with van der Waals surface area (Å²) >= 11 is 0. The normalized spacial score (nSPS) is 15.8. The van der Waals surface area contributed by atoms with E-state index < -0.39 is 11.6 Å². The number of halogens is 3. The fourth-order valence-corrected chi connectivity index (χ4v) is 2.98. The van der Waals surface area contributed by atoms with Gasteiger partial charge < -0.3 is 5.32 Å². The second kappa shape index (κ2) is 8.33. The van der Waals surface area contributed by atoms with Gasteiger partial charge in [-0.05, 0) is 29.8 Å². The lowest BCUT2D eigenvalue weighted by molar-refractivity contribution is -0.117. The van der Waals surface area contributed by atoms with E-state index in [-0.39, 0.29) is 24.0 Å². The van der Waals surface area contributed by atoms with Crippen LogP contribution in [-0.2, 0) is 11.3 Å². The van der Waals surface area contributed by atoms with E-state index in [2.05, 4.69) is 10.2 Å². The third-order valence-electron chi connectivity index (χ3n) is 4.33. The lowest BCUT2D eigenvalue weighted by Gasteiger charge is -2.34. The van der Waals surface area contributed by atoms with Gasteiger partial charge in [0, 0.05) is 38.8 Å². The lowest BCUT2D eigenvalue weighted by atomic mass is 10.2. The monoisotopic (exact) mass is 363 g/mol. The zero-order chi connectivity index (χ0) is 18.5. The first-order valence-electron chi connectivity index (χ1n) is 8.43. The highest BCUT2D eigenvalue weighted by atomic mass is 19.1. The van der Waals surface area contributed by atoms with Crippen LogP contribution in [0.1, 0.15) is 5.56 Å². The summed E-state index contributed by atoms with van der Waals surface area (Å²) in [6.07, 6.45) is 0. The second-order valence-electron chi connectivity index (χ2n) is 6.35. The van der Waals surface area contributed by atoms with Crippen molar-refractivity contribution in [1.82, 2.24) is 9.80 Å². The van der Waals surface area contributed by atoms with Crippen molar-refractivity contribution < 1.29 is 18.0 Å². The quantitative estimate of drug-likeness (QED) is 0.887. The molecule has 0 atom stereocenters. The second-order valence-corrected chi connectivity index (χ2v) is 6.35. The summed E-state index contributed by atoms with van der Waals surface area (Å²) in [6, 6.07) is 9.57. The van der Waals surface area contributed by atoms with Crippen LogP contribution >= 0.6 is 0 Å². The smallest absolute Gasteiger partial charge is 0.238 e. The third-order valence-corrected chi connectivity index (χ3v) is 4.33. The molecule has 1 saturated heterocycles. The average molecular weight is 363 g/mol. The maximum Gasteiger partial charge on any atom is 0.238 e. The maximum absolute atomic E-state index is 13.6. The van der Waals surface area contributed by atoms with Crippen LogP contribution in [0.25, 0.3) is 0 Å². The molecule has 0 aromatic heterocycles. The number of nitrogens with one attached hydrogen (secondary N) is 1. The SMILES string of the molecule is O=C(CN1CCN(Cc2cccc(F)c2)CC1)Nc1ccc(F)cc1F. The van der Waals surface area contributed by atoms with Gasteiger partial charge in [0.05, 0.1) is 12.2 Å². The number of piperazine rings is 1. The Bertz CT molecular complexity index is 776. The molecular weight excluding hydrogens is 343 g/mol. The number of rotatable bonds is 5. The van der Waals surface area contributed by atoms with E-state index >= 15 is 0 Å². The number of hydrogen-bond acceptors (Lipinski definition) is 3. The topological polar surface area (TPSA) is 35.6 Å². The van der Waals surface area contributed by atoms with Crippen molar-refractivity contribution in [2.75, 3.05) is 38.0 Å². The Morgan fingerprint density at radius 3 is 2.31 bits per heavy atom. The molecule has 0 bridgehead atoms. The summed E-state index contributed by atoms with van der Waals surface area (Å²) in [6.45, 7) is 3.70. The summed E-state index contributed by atoms with van der Waals surface area (Å²) in [5.41, 5.74) is 0.893. The molecule has 1 aliphatic rings. The Morgan fingerprint density at radius 1 is 0.923 bits per heavy atom. The molecule has 0 spiro atoms. The van der Waals surface area contributed by atoms with Gasteiger partial charge in [0.1, 0.15) is 17.5 Å². The standard InChI is InChI=1S/C19H20F3N3O/c20-15-3-1-2-14(10-15)12-24-6-8-25(9-7-24)13-19(26)23-18-5-4-16(21)11-17(18)22/h1-5,10-11H,6-9,12-13H2,(H,23,26). The van der Waals surface area contributed by atoms with E-state index in [0.717, 1.165) is 30.8 Å². The van der Waals surface area contributed by atoms with E-state index in [0.29, 0.717) is 19.6 Å². The average Bonchev–Trinajstić information content (AvgIpc) is 2.59. The van der Waals surface area contributed by atoms with Gasteiger partial charge in [-0.25, -0.2) is 13.2 Å². The highest BCUT2D eigenvalue weighted by Gasteiger charge is 2.19. The summed E-state index contributed by atoms with van der Waals surface area (Å²) < 4.78 is 39.7. The van der Waals surface area contributed by atoms with Gasteiger partial charge in [-0.2, -0.15) is 0 Å². The van der Waals surface area contributed by atoms with Crippen molar-refractivity contribution in [3.63, 3.8) is 0 Å². The first kappa shape index (κ1) is 18.4. The van der Waals surface area contributed by atoms with Crippen molar-refractivity contribution >= 4 is 11.6 Å². The molecule has 2 aromatic carbocycles. The van der Waals surface area contributed by atoms with Gasteiger partial charge in [-0.1, -0.05) is 12.1 Å². The summed E-state index contributed by atoms with van der Waals surface area (Å²) in [5.74, 6) is -2.06. The molecule has 1 fully saturated rings. The van der Waals surface area contributed by atoms with Gasteiger partial charge in [0.2, 0.25) is 5.91 Å². The summed E-state index contributed by atoms with van der Waals surface area (Å²) in [5, 5.41) is 2.46. The van der Waals surface area contributed by atoms with Crippen LogP contribution in [0.4, 0.5) is 18.9 Å². The predicted octanol–water partition coefficient (Wildman–Crippen LogP) is 2.86. The molecule has 1 heterocycles. The van der Waals surface area contributed by atoms with Crippen LogP contribution < -0.4 is 5.32 Å². The molecule has 26 heavy (non-hydrogen) atoms. The predicted molar refractivity (Wildman–Crippen MR) is 93.1 cm³/mol. The Kier molecular flexibility index (Phi) is 5.90.